The Morgan fingerprint density at radius 3 is 2.50 bits per heavy atom. The molecule has 0 aromatic heterocycles. The number of nitrogens with zero attached hydrogens (tertiary/aromatic N) is 3. The molecular formula is C20H26N4O5S. The van der Waals surface area contributed by atoms with E-state index < -0.39 is 22.0 Å². The molecule has 2 amide bonds. The van der Waals surface area contributed by atoms with Gasteiger partial charge in [-0.25, -0.2) is 9.59 Å². The van der Waals surface area contributed by atoms with Crippen molar-refractivity contribution in [3.63, 3.8) is 0 Å². The number of nitrogens with one attached hydrogen (secondary N) is 1. The molecule has 30 heavy (non-hydrogen) atoms. The lowest BCUT2D eigenvalue weighted by Crippen LogP contribution is -2.48. The fourth-order valence-electron chi connectivity index (χ4n) is 3.62. The standard InChI is InChI=1S/C20H26N4O5S/c1-14-17(16-8-5-4-6-9-16)30(27,28)22-18(14)23-10-7-11-24(13-12-23)20(26)21-15(2)19(25)29-3/h4-6,8-9,15H,7,10-13H2,1-3H3,(H,21,26)/t15-/m0/s1. The van der Waals surface area contributed by atoms with Crippen molar-refractivity contribution < 1.29 is 22.7 Å². The van der Waals surface area contributed by atoms with Gasteiger partial charge in [0.15, 0.2) is 0 Å². The third-order valence-corrected chi connectivity index (χ3v) is 6.63. The molecule has 162 valence electrons. The van der Waals surface area contributed by atoms with E-state index in [4.69, 9.17) is 0 Å². The Balaban J connectivity index is 1.73. The monoisotopic (exact) mass is 434 g/mol. The van der Waals surface area contributed by atoms with Gasteiger partial charge in [-0.2, -0.15) is 8.42 Å². The lowest BCUT2D eigenvalue weighted by molar-refractivity contribution is -0.142. The van der Waals surface area contributed by atoms with Crippen molar-refractivity contribution in [1.29, 1.82) is 0 Å². The predicted molar refractivity (Wildman–Crippen MR) is 113 cm³/mol. The van der Waals surface area contributed by atoms with Crippen molar-refractivity contribution in [2.75, 3.05) is 33.3 Å². The molecule has 0 saturated carbocycles. The molecule has 0 unspecified atom stereocenters. The van der Waals surface area contributed by atoms with E-state index in [9.17, 15) is 18.0 Å². The molecule has 2 heterocycles. The average Bonchev–Trinajstić information content (AvgIpc) is 2.88. The summed E-state index contributed by atoms with van der Waals surface area (Å²) in [4.78, 5) is 27.7. The summed E-state index contributed by atoms with van der Waals surface area (Å²) >= 11 is 0. The molecule has 0 spiro atoms. The van der Waals surface area contributed by atoms with Crippen LogP contribution in [0.1, 0.15) is 25.8 Å². The van der Waals surface area contributed by atoms with E-state index in [2.05, 4.69) is 14.5 Å². The number of benzene rings is 1. The quantitative estimate of drug-likeness (QED) is 0.721. The molecule has 1 aromatic rings. The van der Waals surface area contributed by atoms with Gasteiger partial charge in [-0.05, 0) is 25.8 Å². The zero-order valence-corrected chi connectivity index (χ0v) is 18.1. The normalized spacial score (nSPS) is 19.8. The fraction of sp³-hybridized carbons (Fsp3) is 0.450. The van der Waals surface area contributed by atoms with Gasteiger partial charge >= 0.3 is 12.0 Å². The maximum absolute atomic E-state index is 12.7. The van der Waals surface area contributed by atoms with Crippen LogP contribution >= 0.6 is 0 Å². The molecular weight excluding hydrogens is 408 g/mol. The molecule has 1 fully saturated rings. The number of ether oxygens (including phenoxy) is 1. The van der Waals surface area contributed by atoms with E-state index in [1.165, 1.54) is 7.11 Å². The Morgan fingerprint density at radius 2 is 1.83 bits per heavy atom. The van der Waals surface area contributed by atoms with E-state index in [1.54, 1.807) is 43.0 Å². The van der Waals surface area contributed by atoms with Crippen LogP contribution in [0.2, 0.25) is 0 Å². The van der Waals surface area contributed by atoms with Crippen LogP contribution in [0.5, 0.6) is 0 Å². The fourth-order valence-corrected chi connectivity index (χ4v) is 5.10. The molecule has 0 aliphatic carbocycles. The smallest absolute Gasteiger partial charge is 0.328 e. The molecule has 9 nitrogen and oxygen atoms in total. The molecule has 2 aliphatic heterocycles. The summed E-state index contributed by atoms with van der Waals surface area (Å²) in [5, 5.41) is 2.62. The summed E-state index contributed by atoms with van der Waals surface area (Å²) in [7, 11) is -2.51. The number of rotatable bonds is 3. The molecule has 2 aliphatic rings. The number of carbonyl (C=O) groups excluding carboxylic acids is 2. The number of amides is 2. The number of esters is 1. The first-order valence-electron chi connectivity index (χ1n) is 9.74. The summed E-state index contributed by atoms with van der Waals surface area (Å²) in [5.74, 6) is -0.0847. The second kappa shape index (κ2) is 8.86. The van der Waals surface area contributed by atoms with Gasteiger partial charge in [0.2, 0.25) is 0 Å². The van der Waals surface area contributed by atoms with Gasteiger partial charge in [-0.15, -0.1) is 4.40 Å². The molecule has 1 aromatic carbocycles. The second-order valence-electron chi connectivity index (χ2n) is 7.23. The first-order valence-corrected chi connectivity index (χ1v) is 11.2. The Kier molecular flexibility index (Phi) is 6.45. The Morgan fingerprint density at radius 1 is 1.13 bits per heavy atom. The number of methoxy groups -OCH3 is 1. The topological polar surface area (TPSA) is 108 Å². The van der Waals surface area contributed by atoms with Crippen molar-refractivity contribution in [3.05, 3.63) is 41.5 Å². The SMILES string of the molecule is COC(=O)[C@H](C)NC(=O)N1CCCN(C2=NS(=O)(=O)C(c3ccccc3)=C2C)CC1. The highest BCUT2D eigenvalue weighted by Gasteiger charge is 2.34. The molecule has 10 heteroatoms. The van der Waals surface area contributed by atoms with Crippen molar-refractivity contribution in [1.82, 2.24) is 15.1 Å². The van der Waals surface area contributed by atoms with E-state index >= 15 is 0 Å². The molecule has 1 saturated heterocycles. The number of hydrogen-bond donors (Lipinski definition) is 1. The number of hydrogen-bond acceptors (Lipinski definition) is 6. The van der Waals surface area contributed by atoms with Crippen molar-refractivity contribution in [2.24, 2.45) is 4.40 Å². The Labute approximate surface area is 176 Å². The zero-order chi connectivity index (χ0) is 21.9. The highest BCUT2D eigenvalue weighted by Crippen LogP contribution is 2.33. The van der Waals surface area contributed by atoms with Crippen molar-refractivity contribution >= 4 is 32.8 Å². The van der Waals surface area contributed by atoms with Gasteiger partial charge in [0.25, 0.3) is 10.0 Å². The van der Waals surface area contributed by atoms with E-state index in [0.717, 1.165) is 0 Å². The molecule has 0 bridgehead atoms. The largest absolute Gasteiger partial charge is 0.467 e. The van der Waals surface area contributed by atoms with E-state index in [-0.39, 0.29) is 10.9 Å². The van der Waals surface area contributed by atoms with Crippen LogP contribution in [-0.4, -0.2) is 75.4 Å². The van der Waals surface area contributed by atoms with Crippen LogP contribution in [0.3, 0.4) is 0 Å². The van der Waals surface area contributed by atoms with Crippen LogP contribution < -0.4 is 5.32 Å². The lowest BCUT2D eigenvalue weighted by Gasteiger charge is -2.24. The number of amidine groups is 1. The van der Waals surface area contributed by atoms with Gasteiger partial charge in [0.05, 0.1) is 7.11 Å². The third-order valence-electron chi connectivity index (χ3n) is 5.15. The van der Waals surface area contributed by atoms with Gasteiger partial charge < -0.3 is 19.9 Å². The minimum absolute atomic E-state index is 0.226. The maximum Gasteiger partial charge on any atom is 0.328 e. The summed E-state index contributed by atoms with van der Waals surface area (Å²) in [5.41, 5.74) is 1.22. The first-order chi connectivity index (χ1) is 14.2. The maximum atomic E-state index is 12.7. The van der Waals surface area contributed by atoms with Crippen LogP contribution in [-0.2, 0) is 19.6 Å². The van der Waals surface area contributed by atoms with Crippen LogP contribution in [0, 0.1) is 0 Å². The number of urea groups is 1. The summed E-state index contributed by atoms with van der Waals surface area (Å²) < 4.78 is 34.1. The van der Waals surface area contributed by atoms with Crippen molar-refractivity contribution in [2.45, 2.75) is 26.3 Å². The Bertz CT molecular complexity index is 988. The first kappa shape index (κ1) is 21.8. The van der Waals surface area contributed by atoms with Gasteiger partial charge in [0, 0.05) is 31.8 Å². The van der Waals surface area contributed by atoms with Gasteiger partial charge in [-0.3, -0.25) is 0 Å². The second-order valence-corrected chi connectivity index (χ2v) is 8.77. The third kappa shape index (κ3) is 4.48. The van der Waals surface area contributed by atoms with E-state index in [0.29, 0.717) is 49.6 Å². The lowest BCUT2D eigenvalue weighted by atomic mass is 10.1. The number of carbonyl (C=O) groups is 2. The Hall–Kier alpha value is -2.88. The van der Waals surface area contributed by atoms with E-state index in [1.807, 2.05) is 11.0 Å². The number of sulfonamides is 1. The van der Waals surface area contributed by atoms with Crippen LogP contribution in [0.25, 0.3) is 4.91 Å². The minimum atomic E-state index is -3.78. The van der Waals surface area contributed by atoms with Gasteiger partial charge in [-0.1, -0.05) is 30.3 Å². The van der Waals surface area contributed by atoms with Gasteiger partial charge in [0.1, 0.15) is 16.8 Å². The minimum Gasteiger partial charge on any atom is -0.467 e. The zero-order valence-electron chi connectivity index (χ0n) is 17.3. The predicted octanol–water partition coefficient (Wildman–Crippen LogP) is 1.44. The van der Waals surface area contributed by atoms with Crippen LogP contribution in [0.4, 0.5) is 4.79 Å². The summed E-state index contributed by atoms with van der Waals surface area (Å²) in [6.45, 7) is 5.21. The molecule has 1 atom stereocenters. The highest BCUT2D eigenvalue weighted by atomic mass is 32.2. The highest BCUT2D eigenvalue weighted by molar-refractivity contribution is 8.00. The molecule has 0 radical (unpaired) electrons. The van der Waals surface area contributed by atoms with Crippen LogP contribution in [0.15, 0.2) is 40.3 Å². The summed E-state index contributed by atoms with van der Waals surface area (Å²) in [6.07, 6.45) is 0.646. The summed E-state index contributed by atoms with van der Waals surface area (Å²) in [6, 6.07) is 7.83. The average molecular weight is 435 g/mol. The molecule has 3 rings (SSSR count). The molecule has 1 N–H and O–H groups in total. The van der Waals surface area contributed by atoms with Crippen molar-refractivity contribution in [3.8, 4) is 0 Å².